The van der Waals surface area contributed by atoms with Crippen LogP contribution in [0.25, 0.3) is 5.82 Å². The van der Waals surface area contributed by atoms with E-state index >= 15 is 0 Å². The molecule has 2 aromatic rings. The van der Waals surface area contributed by atoms with Gasteiger partial charge in [0.2, 0.25) is 0 Å². The molecular weight excluding hydrogens is 340 g/mol. The topological polar surface area (TPSA) is 101 Å². The van der Waals surface area contributed by atoms with E-state index in [0.29, 0.717) is 25.5 Å². The number of rotatable bonds is 5. The molecule has 2 N–H and O–H groups in total. The van der Waals surface area contributed by atoms with E-state index in [2.05, 4.69) is 25.6 Å². The molecule has 1 saturated heterocycles. The fraction of sp³-hybridized carbons (Fsp3) is 0.438. The first-order valence-electron chi connectivity index (χ1n) is 8.24. The largest absolute Gasteiger partial charge is 0.357 e. The average molecular weight is 362 g/mol. The Hall–Kier alpha value is -2.42. The van der Waals surface area contributed by atoms with E-state index < -0.39 is 9.84 Å². The second kappa shape index (κ2) is 7.64. The normalized spacial score (nSPS) is 19.7. The number of sulfone groups is 1. The van der Waals surface area contributed by atoms with Gasteiger partial charge in [-0.3, -0.25) is 4.57 Å². The fourth-order valence-electron chi connectivity index (χ4n) is 2.65. The first-order valence-corrected chi connectivity index (χ1v) is 10.1. The van der Waals surface area contributed by atoms with E-state index in [1.54, 1.807) is 18.7 Å². The van der Waals surface area contributed by atoms with Gasteiger partial charge in [0.15, 0.2) is 15.8 Å². The highest BCUT2D eigenvalue weighted by Gasteiger charge is 2.28. The van der Waals surface area contributed by atoms with Crippen LogP contribution in [-0.4, -0.2) is 53.0 Å². The zero-order chi connectivity index (χ0) is 17.7. The minimum absolute atomic E-state index is 0.0791. The summed E-state index contributed by atoms with van der Waals surface area (Å²) in [4.78, 5) is 12.9. The molecule has 9 heteroatoms. The molecule has 25 heavy (non-hydrogen) atoms. The number of hydrogen-bond donors (Lipinski definition) is 2. The first-order chi connectivity index (χ1) is 12.1. The molecule has 1 aliphatic heterocycles. The zero-order valence-electron chi connectivity index (χ0n) is 14.1. The van der Waals surface area contributed by atoms with Crippen molar-refractivity contribution in [2.24, 2.45) is 4.99 Å². The van der Waals surface area contributed by atoms with Crippen molar-refractivity contribution >= 4 is 15.8 Å². The Balaban J connectivity index is 1.63. The predicted octanol–water partition coefficient (Wildman–Crippen LogP) is 0.510. The van der Waals surface area contributed by atoms with Gasteiger partial charge in [-0.15, -0.1) is 0 Å². The molecule has 2 aromatic heterocycles. The molecule has 1 fully saturated rings. The summed E-state index contributed by atoms with van der Waals surface area (Å²) in [5, 5.41) is 6.36. The zero-order valence-corrected chi connectivity index (χ0v) is 14.9. The van der Waals surface area contributed by atoms with Gasteiger partial charge in [-0.1, -0.05) is 6.07 Å². The van der Waals surface area contributed by atoms with Crippen LogP contribution in [0.15, 0.2) is 42.0 Å². The summed E-state index contributed by atoms with van der Waals surface area (Å²) in [5.74, 6) is 1.83. The van der Waals surface area contributed by atoms with Gasteiger partial charge in [-0.25, -0.2) is 23.4 Å². The van der Waals surface area contributed by atoms with Crippen molar-refractivity contribution in [3.05, 3.63) is 42.6 Å². The summed E-state index contributed by atoms with van der Waals surface area (Å²) < 4.78 is 25.0. The van der Waals surface area contributed by atoms with Crippen molar-refractivity contribution < 1.29 is 8.42 Å². The second-order valence-corrected chi connectivity index (χ2v) is 8.16. The summed E-state index contributed by atoms with van der Waals surface area (Å²) in [5.41, 5.74) is 0.972. The maximum atomic E-state index is 11.6. The molecule has 0 saturated carbocycles. The van der Waals surface area contributed by atoms with Crippen LogP contribution in [0.2, 0.25) is 0 Å². The number of guanidine groups is 1. The summed E-state index contributed by atoms with van der Waals surface area (Å²) in [6, 6.07) is 3.80. The average Bonchev–Trinajstić information content (AvgIpc) is 3.23. The van der Waals surface area contributed by atoms with Crippen LogP contribution in [0.4, 0.5) is 0 Å². The van der Waals surface area contributed by atoms with Crippen molar-refractivity contribution in [2.45, 2.75) is 25.9 Å². The molecule has 0 amide bonds. The van der Waals surface area contributed by atoms with Crippen LogP contribution in [0.3, 0.4) is 0 Å². The Morgan fingerprint density at radius 3 is 2.92 bits per heavy atom. The quantitative estimate of drug-likeness (QED) is 0.594. The smallest absolute Gasteiger partial charge is 0.191 e. The Kier molecular flexibility index (Phi) is 5.32. The lowest BCUT2D eigenvalue weighted by molar-refractivity contribution is 0.599. The van der Waals surface area contributed by atoms with E-state index in [4.69, 9.17) is 0 Å². The highest BCUT2D eigenvalue weighted by Crippen LogP contribution is 2.11. The van der Waals surface area contributed by atoms with Gasteiger partial charge in [-0.2, -0.15) is 0 Å². The lowest BCUT2D eigenvalue weighted by Crippen LogP contribution is -2.44. The lowest BCUT2D eigenvalue weighted by Gasteiger charge is -2.15. The molecule has 0 spiro atoms. The van der Waals surface area contributed by atoms with Gasteiger partial charge in [0.25, 0.3) is 0 Å². The van der Waals surface area contributed by atoms with E-state index in [9.17, 15) is 8.42 Å². The molecule has 3 rings (SSSR count). The third-order valence-corrected chi connectivity index (χ3v) is 5.68. The number of aliphatic imine (C=N–C) groups is 1. The molecule has 1 unspecified atom stereocenters. The fourth-order valence-corrected chi connectivity index (χ4v) is 4.32. The molecule has 1 aliphatic rings. The van der Waals surface area contributed by atoms with Crippen LogP contribution in [-0.2, 0) is 16.4 Å². The molecule has 3 heterocycles. The SMILES string of the molecule is CCNC(=NCc1ccc(-n2ccnc2)nc1)NC1CCS(=O)(=O)C1. The van der Waals surface area contributed by atoms with Gasteiger partial charge in [0.1, 0.15) is 12.1 Å². The first kappa shape index (κ1) is 17.4. The molecule has 0 radical (unpaired) electrons. The van der Waals surface area contributed by atoms with Gasteiger partial charge in [0, 0.05) is 31.2 Å². The minimum atomic E-state index is -2.91. The van der Waals surface area contributed by atoms with Gasteiger partial charge < -0.3 is 10.6 Å². The number of nitrogens with one attached hydrogen (secondary N) is 2. The number of imidazole rings is 1. The summed E-state index contributed by atoms with van der Waals surface area (Å²) >= 11 is 0. The Morgan fingerprint density at radius 2 is 2.32 bits per heavy atom. The Bertz CT molecular complexity index is 815. The van der Waals surface area contributed by atoms with Crippen molar-refractivity contribution in [3.63, 3.8) is 0 Å². The summed E-state index contributed by atoms with van der Waals surface area (Å²) in [6.07, 6.45) is 7.64. The van der Waals surface area contributed by atoms with Gasteiger partial charge >= 0.3 is 0 Å². The molecule has 0 bridgehead atoms. The van der Waals surface area contributed by atoms with Gasteiger partial charge in [0.05, 0.1) is 18.1 Å². The number of pyridine rings is 1. The van der Waals surface area contributed by atoms with Crippen LogP contribution < -0.4 is 10.6 Å². The molecule has 134 valence electrons. The maximum absolute atomic E-state index is 11.6. The number of aromatic nitrogens is 3. The summed E-state index contributed by atoms with van der Waals surface area (Å²) in [6.45, 7) is 3.15. The van der Waals surface area contributed by atoms with Crippen LogP contribution in [0.5, 0.6) is 0 Å². The monoisotopic (exact) mass is 362 g/mol. The molecule has 0 aliphatic carbocycles. The van der Waals surface area contributed by atoms with Crippen molar-refractivity contribution in [1.29, 1.82) is 0 Å². The number of hydrogen-bond acceptors (Lipinski definition) is 5. The van der Waals surface area contributed by atoms with Crippen LogP contribution in [0.1, 0.15) is 18.9 Å². The molecule has 0 aromatic carbocycles. The van der Waals surface area contributed by atoms with Crippen molar-refractivity contribution in [2.75, 3.05) is 18.1 Å². The Labute approximate surface area is 147 Å². The van der Waals surface area contributed by atoms with Crippen LogP contribution >= 0.6 is 0 Å². The van der Waals surface area contributed by atoms with Crippen molar-refractivity contribution in [1.82, 2.24) is 25.2 Å². The third-order valence-electron chi connectivity index (χ3n) is 3.92. The second-order valence-electron chi connectivity index (χ2n) is 5.93. The Morgan fingerprint density at radius 1 is 1.44 bits per heavy atom. The predicted molar refractivity (Wildman–Crippen MR) is 96.4 cm³/mol. The molecule has 1 atom stereocenters. The highest BCUT2D eigenvalue weighted by atomic mass is 32.2. The van der Waals surface area contributed by atoms with Crippen molar-refractivity contribution in [3.8, 4) is 5.82 Å². The summed E-state index contributed by atoms with van der Waals surface area (Å²) in [7, 11) is -2.91. The van der Waals surface area contributed by atoms with E-state index in [-0.39, 0.29) is 17.5 Å². The van der Waals surface area contributed by atoms with E-state index in [0.717, 1.165) is 11.4 Å². The van der Waals surface area contributed by atoms with E-state index in [1.165, 1.54) is 0 Å². The minimum Gasteiger partial charge on any atom is -0.357 e. The highest BCUT2D eigenvalue weighted by molar-refractivity contribution is 7.91. The molecular formula is C16H22N6O2S. The molecule has 8 nitrogen and oxygen atoms in total. The lowest BCUT2D eigenvalue weighted by atomic mass is 10.2. The number of nitrogens with zero attached hydrogens (tertiary/aromatic N) is 4. The van der Waals surface area contributed by atoms with E-state index in [1.807, 2.05) is 29.8 Å². The third kappa shape index (κ3) is 4.79. The maximum Gasteiger partial charge on any atom is 0.191 e. The standard InChI is InChI=1S/C16H22N6O2S/c1-2-18-16(21-14-5-8-25(23,24)11-14)20-10-13-3-4-15(19-9-13)22-7-6-17-12-22/h3-4,6-7,9,12,14H,2,5,8,10-11H2,1H3,(H2,18,20,21). The van der Waals surface area contributed by atoms with Gasteiger partial charge in [-0.05, 0) is 25.0 Å². The van der Waals surface area contributed by atoms with Crippen LogP contribution in [0, 0.1) is 0 Å².